The number of aryl methyl sites for hydroxylation is 2. The Morgan fingerprint density at radius 2 is 1.71 bits per heavy atom. The molecule has 2 aliphatic rings. The van der Waals surface area contributed by atoms with Crippen molar-refractivity contribution in [3.8, 4) is 0 Å². The minimum Gasteiger partial charge on any atom is -0.367 e. The van der Waals surface area contributed by atoms with Crippen LogP contribution in [-0.2, 0) is 22.6 Å². The summed E-state index contributed by atoms with van der Waals surface area (Å²) >= 11 is 0. The average Bonchev–Trinajstić information content (AvgIpc) is 2.83. The fourth-order valence-corrected chi connectivity index (χ4v) is 4.51. The predicted octanol–water partition coefficient (Wildman–Crippen LogP) is 4.61. The third-order valence-corrected chi connectivity index (χ3v) is 6.24. The van der Waals surface area contributed by atoms with Crippen LogP contribution in [0, 0.1) is 6.92 Å². The number of fused-ring (bicyclic) bond motifs is 1. The first-order valence-electron chi connectivity index (χ1n) is 11.4. The van der Waals surface area contributed by atoms with Crippen LogP contribution >= 0.6 is 0 Å². The monoisotopic (exact) mass is 451 g/mol. The summed E-state index contributed by atoms with van der Waals surface area (Å²) in [5, 5.41) is 2.29. The Morgan fingerprint density at radius 3 is 2.47 bits per heavy atom. The number of amides is 4. The molecule has 3 aromatic rings. The van der Waals surface area contributed by atoms with Crippen LogP contribution in [0.4, 0.5) is 16.2 Å². The molecule has 0 aliphatic carbocycles. The van der Waals surface area contributed by atoms with Crippen LogP contribution in [0.5, 0.6) is 0 Å². The number of rotatable bonds is 4. The molecule has 2 heterocycles. The number of imide groups is 2. The summed E-state index contributed by atoms with van der Waals surface area (Å²) in [6.45, 7) is 3.74. The minimum atomic E-state index is -0.738. The van der Waals surface area contributed by atoms with Crippen molar-refractivity contribution in [3.05, 3.63) is 101 Å². The molecule has 0 spiro atoms. The van der Waals surface area contributed by atoms with E-state index in [0.29, 0.717) is 5.69 Å². The first-order valence-corrected chi connectivity index (χ1v) is 11.4. The molecule has 0 aromatic heterocycles. The van der Waals surface area contributed by atoms with Gasteiger partial charge in [-0.25, -0.2) is 9.69 Å². The molecule has 5 rings (SSSR count). The lowest BCUT2D eigenvalue weighted by Crippen LogP contribution is -2.54. The summed E-state index contributed by atoms with van der Waals surface area (Å²) in [6.07, 6.45) is 3.54. The highest BCUT2D eigenvalue weighted by molar-refractivity contribution is 6.39. The fraction of sp³-hybridized carbons (Fsp3) is 0.179. The number of carbonyl (C=O) groups excluding carboxylic acids is 3. The minimum absolute atomic E-state index is 0.0583. The maximum Gasteiger partial charge on any atom is 0.335 e. The summed E-state index contributed by atoms with van der Waals surface area (Å²) in [6, 6.07) is 22.7. The number of hydrogen-bond acceptors (Lipinski definition) is 4. The average molecular weight is 452 g/mol. The van der Waals surface area contributed by atoms with E-state index in [1.54, 1.807) is 18.2 Å². The van der Waals surface area contributed by atoms with Crippen LogP contribution in [0.15, 0.2) is 78.4 Å². The number of nitrogens with one attached hydrogen (secondary N) is 1. The Balaban J connectivity index is 1.43. The zero-order chi connectivity index (χ0) is 23.7. The van der Waals surface area contributed by atoms with Crippen LogP contribution in [0.1, 0.15) is 28.7 Å². The molecular weight excluding hydrogens is 426 g/mol. The quantitative estimate of drug-likeness (QED) is 0.464. The number of urea groups is 1. The summed E-state index contributed by atoms with van der Waals surface area (Å²) in [5.74, 6) is -1.30. The molecule has 6 heteroatoms. The van der Waals surface area contributed by atoms with E-state index >= 15 is 0 Å². The van der Waals surface area contributed by atoms with Crippen molar-refractivity contribution < 1.29 is 14.4 Å². The molecule has 1 N–H and O–H groups in total. The van der Waals surface area contributed by atoms with Gasteiger partial charge in [0.2, 0.25) is 0 Å². The van der Waals surface area contributed by atoms with Gasteiger partial charge in [0.1, 0.15) is 5.57 Å². The number of carbonyl (C=O) groups is 3. The Labute approximate surface area is 198 Å². The second-order valence-corrected chi connectivity index (χ2v) is 8.69. The zero-order valence-electron chi connectivity index (χ0n) is 19.0. The van der Waals surface area contributed by atoms with E-state index in [1.165, 1.54) is 16.8 Å². The molecule has 2 aliphatic heterocycles. The van der Waals surface area contributed by atoms with E-state index in [1.807, 2.05) is 49.4 Å². The highest BCUT2D eigenvalue weighted by Crippen LogP contribution is 2.30. The Morgan fingerprint density at radius 1 is 0.941 bits per heavy atom. The number of benzene rings is 3. The number of nitrogens with zero attached hydrogens (tertiary/aromatic N) is 2. The summed E-state index contributed by atoms with van der Waals surface area (Å²) in [4.78, 5) is 41.5. The number of barbiturate groups is 1. The third kappa shape index (κ3) is 4.22. The molecule has 170 valence electrons. The van der Waals surface area contributed by atoms with Gasteiger partial charge in [0, 0.05) is 18.8 Å². The van der Waals surface area contributed by atoms with Gasteiger partial charge in [-0.3, -0.25) is 14.9 Å². The SMILES string of the molecule is Cc1ccc(N2C(=O)NC(=O)C(=Cc3ccc4c(c3)CCCN4Cc3ccccc3)C2=O)cc1. The molecule has 34 heavy (non-hydrogen) atoms. The first kappa shape index (κ1) is 21.6. The van der Waals surface area contributed by atoms with Crippen molar-refractivity contribution >= 4 is 35.3 Å². The van der Waals surface area contributed by atoms with Gasteiger partial charge >= 0.3 is 6.03 Å². The zero-order valence-corrected chi connectivity index (χ0v) is 19.0. The van der Waals surface area contributed by atoms with Gasteiger partial charge in [-0.2, -0.15) is 0 Å². The van der Waals surface area contributed by atoms with E-state index < -0.39 is 17.8 Å². The van der Waals surface area contributed by atoms with E-state index in [9.17, 15) is 14.4 Å². The molecule has 3 aromatic carbocycles. The lowest BCUT2D eigenvalue weighted by atomic mass is 9.97. The number of anilines is 2. The van der Waals surface area contributed by atoms with Gasteiger partial charge in [-0.15, -0.1) is 0 Å². The lowest BCUT2D eigenvalue weighted by Gasteiger charge is -2.32. The summed E-state index contributed by atoms with van der Waals surface area (Å²) < 4.78 is 0. The maximum absolute atomic E-state index is 13.1. The van der Waals surface area contributed by atoms with Gasteiger partial charge in [-0.1, -0.05) is 54.1 Å². The van der Waals surface area contributed by atoms with E-state index in [-0.39, 0.29) is 5.57 Å². The second kappa shape index (κ2) is 8.98. The van der Waals surface area contributed by atoms with Crippen molar-refractivity contribution in [2.24, 2.45) is 0 Å². The molecule has 0 radical (unpaired) electrons. The molecule has 0 saturated carbocycles. The normalized spacial score (nSPS) is 17.1. The van der Waals surface area contributed by atoms with Gasteiger partial charge < -0.3 is 4.90 Å². The van der Waals surface area contributed by atoms with E-state index in [2.05, 4.69) is 28.4 Å². The van der Waals surface area contributed by atoms with Crippen LogP contribution in [0.2, 0.25) is 0 Å². The third-order valence-electron chi connectivity index (χ3n) is 6.24. The highest BCUT2D eigenvalue weighted by atomic mass is 16.2. The topological polar surface area (TPSA) is 69.7 Å². The maximum atomic E-state index is 13.1. The largest absolute Gasteiger partial charge is 0.367 e. The molecule has 0 bridgehead atoms. The van der Waals surface area contributed by atoms with Gasteiger partial charge in [0.25, 0.3) is 11.8 Å². The lowest BCUT2D eigenvalue weighted by molar-refractivity contribution is -0.122. The molecule has 4 amide bonds. The molecule has 1 fully saturated rings. The Bertz CT molecular complexity index is 1300. The van der Waals surface area contributed by atoms with Crippen LogP contribution < -0.4 is 15.1 Å². The molecule has 1 saturated heterocycles. The predicted molar refractivity (Wildman–Crippen MR) is 132 cm³/mol. The standard InChI is InChI=1S/C28H25N3O3/c1-19-9-12-23(13-10-19)31-27(33)24(26(32)29-28(31)34)17-21-11-14-25-22(16-21)8-5-15-30(25)18-20-6-3-2-4-7-20/h2-4,6-7,9-14,16-17H,5,8,15,18H2,1H3,(H,29,32,34). The van der Waals surface area contributed by atoms with Gasteiger partial charge in [0.15, 0.2) is 0 Å². The van der Waals surface area contributed by atoms with Crippen LogP contribution in [-0.4, -0.2) is 24.4 Å². The fourth-order valence-electron chi connectivity index (χ4n) is 4.51. The van der Waals surface area contributed by atoms with Gasteiger partial charge in [-0.05, 0) is 66.8 Å². The van der Waals surface area contributed by atoms with Crippen molar-refractivity contribution in [3.63, 3.8) is 0 Å². The van der Waals surface area contributed by atoms with Crippen molar-refractivity contribution in [1.82, 2.24) is 5.32 Å². The first-order chi connectivity index (χ1) is 16.5. The Kier molecular flexibility index (Phi) is 5.72. The van der Waals surface area contributed by atoms with Crippen LogP contribution in [0.3, 0.4) is 0 Å². The second-order valence-electron chi connectivity index (χ2n) is 8.69. The summed E-state index contributed by atoms with van der Waals surface area (Å²) in [5.41, 5.74) is 5.75. The highest BCUT2D eigenvalue weighted by Gasteiger charge is 2.36. The van der Waals surface area contributed by atoms with Crippen molar-refractivity contribution in [2.75, 3.05) is 16.3 Å². The van der Waals surface area contributed by atoms with E-state index in [4.69, 9.17) is 0 Å². The van der Waals surface area contributed by atoms with Crippen molar-refractivity contribution in [1.29, 1.82) is 0 Å². The molecule has 0 unspecified atom stereocenters. The molecular formula is C28H25N3O3. The summed E-state index contributed by atoms with van der Waals surface area (Å²) in [7, 11) is 0. The number of hydrogen-bond donors (Lipinski definition) is 1. The van der Waals surface area contributed by atoms with Gasteiger partial charge in [0.05, 0.1) is 5.69 Å². The van der Waals surface area contributed by atoms with Crippen LogP contribution in [0.25, 0.3) is 6.08 Å². The Hall–Kier alpha value is -4.19. The van der Waals surface area contributed by atoms with Crippen molar-refractivity contribution in [2.45, 2.75) is 26.3 Å². The van der Waals surface area contributed by atoms with E-state index in [0.717, 1.165) is 42.0 Å². The molecule has 0 atom stereocenters. The molecule has 6 nitrogen and oxygen atoms in total. The smallest absolute Gasteiger partial charge is 0.335 e.